The van der Waals surface area contributed by atoms with Crippen molar-refractivity contribution in [1.29, 1.82) is 0 Å². The molecule has 0 N–H and O–H groups in total. The van der Waals surface area contributed by atoms with E-state index in [2.05, 4.69) is 33.1 Å². The van der Waals surface area contributed by atoms with Crippen LogP contribution in [-0.4, -0.2) is 10.3 Å². The zero-order valence-electron chi connectivity index (χ0n) is 7.21. The second-order valence-corrected chi connectivity index (χ2v) is 3.82. The highest BCUT2D eigenvalue weighted by molar-refractivity contribution is 9.09. The smallest absolute Gasteiger partial charge is 0.0624 e. The topological polar surface area (TPSA) is 12.9 Å². The maximum atomic E-state index is 5.93. The van der Waals surface area contributed by atoms with Crippen LogP contribution in [0.3, 0.4) is 0 Å². The van der Waals surface area contributed by atoms with E-state index in [0.717, 1.165) is 28.8 Å². The normalized spacial score (nSPS) is 10.9. The van der Waals surface area contributed by atoms with Crippen molar-refractivity contribution in [3.05, 3.63) is 41.2 Å². The molecule has 1 nitrogen and oxygen atoms in total. The minimum absolute atomic E-state index is 0.742. The highest BCUT2D eigenvalue weighted by Gasteiger charge is 1.95. The fourth-order valence-electron chi connectivity index (χ4n) is 0.961. The van der Waals surface area contributed by atoms with Crippen molar-refractivity contribution in [3.63, 3.8) is 0 Å². The molecule has 0 unspecified atom stereocenters. The van der Waals surface area contributed by atoms with Crippen LogP contribution in [0.5, 0.6) is 0 Å². The van der Waals surface area contributed by atoms with E-state index >= 15 is 0 Å². The number of alkyl halides is 1. The van der Waals surface area contributed by atoms with Crippen molar-refractivity contribution in [2.24, 2.45) is 0 Å². The molecule has 0 radical (unpaired) electrons. The Balaban J connectivity index is 2.49. The SMILES string of the molecule is Clc1cnccc1CC=CCCBr. The molecule has 0 aliphatic carbocycles. The van der Waals surface area contributed by atoms with Gasteiger partial charge in [-0.25, -0.2) is 0 Å². The lowest BCUT2D eigenvalue weighted by molar-refractivity contribution is 1.18. The Bertz CT molecular complexity index is 286. The molecule has 0 saturated heterocycles. The molecule has 3 heteroatoms. The van der Waals surface area contributed by atoms with Gasteiger partial charge in [-0.3, -0.25) is 4.98 Å². The number of rotatable bonds is 4. The Morgan fingerprint density at radius 3 is 3.00 bits per heavy atom. The van der Waals surface area contributed by atoms with Crippen LogP contribution >= 0.6 is 27.5 Å². The Morgan fingerprint density at radius 1 is 1.46 bits per heavy atom. The lowest BCUT2D eigenvalue weighted by Gasteiger charge is -1.97. The lowest BCUT2D eigenvalue weighted by atomic mass is 10.2. The summed E-state index contributed by atoms with van der Waals surface area (Å²) >= 11 is 9.29. The summed E-state index contributed by atoms with van der Waals surface area (Å²) in [5.74, 6) is 0. The van der Waals surface area contributed by atoms with Gasteiger partial charge >= 0.3 is 0 Å². The van der Waals surface area contributed by atoms with Gasteiger partial charge in [0.25, 0.3) is 0 Å². The molecule has 0 aliphatic rings. The van der Waals surface area contributed by atoms with Gasteiger partial charge in [0.2, 0.25) is 0 Å². The van der Waals surface area contributed by atoms with Gasteiger partial charge in [0.15, 0.2) is 0 Å². The molecule has 0 bridgehead atoms. The van der Waals surface area contributed by atoms with Gasteiger partial charge in [0.05, 0.1) is 5.02 Å². The van der Waals surface area contributed by atoms with Crippen LogP contribution < -0.4 is 0 Å². The Hall–Kier alpha value is -0.340. The zero-order chi connectivity index (χ0) is 9.52. The molecule has 1 aromatic rings. The molecule has 0 spiro atoms. The predicted molar refractivity (Wildman–Crippen MR) is 60.5 cm³/mol. The first kappa shape index (κ1) is 10.7. The molecule has 0 amide bonds. The van der Waals surface area contributed by atoms with E-state index in [1.165, 1.54) is 0 Å². The van der Waals surface area contributed by atoms with E-state index in [1.54, 1.807) is 12.4 Å². The molecule has 1 aromatic heterocycles. The number of hydrogen-bond acceptors (Lipinski definition) is 1. The van der Waals surface area contributed by atoms with E-state index in [0.29, 0.717) is 0 Å². The number of nitrogens with zero attached hydrogens (tertiary/aromatic N) is 1. The Morgan fingerprint density at radius 2 is 2.31 bits per heavy atom. The van der Waals surface area contributed by atoms with E-state index in [1.807, 2.05) is 6.07 Å². The minimum atomic E-state index is 0.742. The maximum absolute atomic E-state index is 5.93. The summed E-state index contributed by atoms with van der Waals surface area (Å²) in [6.07, 6.45) is 9.65. The Kier molecular flexibility index (Phi) is 5.09. The van der Waals surface area contributed by atoms with Gasteiger partial charge < -0.3 is 0 Å². The monoisotopic (exact) mass is 259 g/mol. The maximum Gasteiger partial charge on any atom is 0.0624 e. The predicted octanol–water partition coefficient (Wildman–Crippen LogP) is 3.62. The van der Waals surface area contributed by atoms with E-state index in [4.69, 9.17) is 11.6 Å². The Labute approximate surface area is 92.0 Å². The first-order valence-corrected chi connectivity index (χ1v) is 5.64. The molecule has 0 fully saturated rings. The first-order valence-electron chi connectivity index (χ1n) is 4.14. The number of hydrogen-bond donors (Lipinski definition) is 0. The summed E-state index contributed by atoms with van der Waals surface area (Å²) in [6, 6.07) is 1.95. The quantitative estimate of drug-likeness (QED) is 0.595. The number of pyridine rings is 1. The summed E-state index contributed by atoms with van der Waals surface area (Å²) in [6.45, 7) is 0. The first-order chi connectivity index (χ1) is 6.34. The molecule has 1 rings (SSSR count). The van der Waals surface area contributed by atoms with Crippen LogP contribution in [0.2, 0.25) is 5.02 Å². The molecule has 0 atom stereocenters. The van der Waals surface area contributed by atoms with Gasteiger partial charge in [-0.2, -0.15) is 0 Å². The average Bonchev–Trinajstić information content (AvgIpc) is 2.15. The fraction of sp³-hybridized carbons (Fsp3) is 0.300. The second-order valence-electron chi connectivity index (χ2n) is 2.62. The zero-order valence-corrected chi connectivity index (χ0v) is 9.55. The van der Waals surface area contributed by atoms with Crippen LogP contribution in [0.25, 0.3) is 0 Å². The largest absolute Gasteiger partial charge is 0.263 e. The second kappa shape index (κ2) is 6.17. The molecule has 0 aliphatic heterocycles. The molecular formula is C10H11BrClN. The minimum Gasteiger partial charge on any atom is -0.263 e. The third kappa shape index (κ3) is 3.92. The lowest BCUT2D eigenvalue weighted by Crippen LogP contribution is -1.83. The van der Waals surface area contributed by atoms with E-state index < -0.39 is 0 Å². The van der Waals surface area contributed by atoms with E-state index in [-0.39, 0.29) is 0 Å². The third-order valence-electron chi connectivity index (χ3n) is 1.64. The van der Waals surface area contributed by atoms with Crippen LogP contribution in [0, 0.1) is 0 Å². The van der Waals surface area contributed by atoms with Gasteiger partial charge in [-0.1, -0.05) is 39.7 Å². The number of aromatic nitrogens is 1. The molecule has 1 heterocycles. The fourth-order valence-corrected chi connectivity index (χ4v) is 1.42. The highest BCUT2D eigenvalue weighted by atomic mass is 79.9. The highest BCUT2D eigenvalue weighted by Crippen LogP contribution is 2.14. The van der Waals surface area contributed by atoms with Crippen molar-refractivity contribution in [2.75, 3.05) is 5.33 Å². The van der Waals surface area contributed by atoms with Crippen LogP contribution in [0.1, 0.15) is 12.0 Å². The van der Waals surface area contributed by atoms with Crippen molar-refractivity contribution >= 4 is 27.5 Å². The summed E-state index contributed by atoms with van der Waals surface area (Å²) in [5, 5.41) is 1.75. The average molecular weight is 261 g/mol. The summed E-state index contributed by atoms with van der Waals surface area (Å²) in [4.78, 5) is 3.93. The van der Waals surface area contributed by atoms with Crippen LogP contribution in [-0.2, 0) is 6.42 Å². The van der Waals surface area contributed by atoms with Gasteiger partial charge in [-0.15, -0.1) is 0 Å². The van der Waals surface area contributed by atoms with E-state index in [9.17, 15) is 0 Å². The summed E-state index contributed by atoms with van der Waals surface area (Å²) in [7, 11) is 0. The molecule has 13 heavy (non-hydrogen) atoms. The van der Waals surface area contributed by atoms with Crippen molar-refractivity contribution in [1.82, 2.24) is 4.98 Å². The van der Waals surface area contributed by atoms with Crippen LogP contribution in [0.15, 0.2) is 30.6 Å². The van der Waals surface area contributed by atoms with Crippen molar-refractivity contribution in [3.8, 4) is 0 Å². The molecule has 0 saturated carbocycles. The number of halogens is 2. The van der Waals surface area contributed by atoms with Gasteiger partial charge in [0.1, 0.15) is 0 Å². The summed E-state index contributed by atoms with van der Waals surface area (Å²) < 4.78 is 0. The van der Waals surface area contributed by atoms with Gasteiger partial charge in [0, 0.05) is 17.7 Å². The van der Waals surface area contributed by atoms with Crippen LogP contribution in [0.4, 0.5) is 0 Å². The summed E-state index contributed by atoms with van der Waals surface area (Å²) in [5.41, 5.74) is 1.13. The third-order valence-corrected chi connectivity index (χ3v) is 2.43. The van der Waals surface area contributed by atoms with Gasteiger partial charge in [-0.05, 0) is 24.5 Å². The molecule has 70 valence electrons. The molecule has 0 aromatic carbocycles. The standard InChI is InChI=1S/C10H11BrClN/c11-6-3-1-2-4-9-5-7-13-8-10(9)12/h1-2,5,7-8H,3-4,6H2. The molecular weight excluding hydrogens is 249 g/mol. The number of allylic oxidation sites excluding steroid dienone is 2. The van der Waals surface area contributed by atoms with Crippen molar-refractivity contribution in [2.45, 2.75) is 12.8 Å². The van der Waals surface area contributed by atoms with Crippen molar-refractivity contribution < 1.29 is 0 Å².